The number of carbonyl (C=O) groups is 2. The van der Waals surface area contributed by atoms with Gasteiger partial charge in [-0.1, -0.05) is 36.4 Å². The van der Waals surface area contributed by atoms with Crippen molar-refractivity contribution in [3.8, 4) is 11.5 Å². The summed E-state index contributed by atoms with van der Waals surface area (Å²) >= 11 is 0. The Bertz CT molecular complexity index is 1030. The van der Waals surface area contributed by atoms with Crippen LogP contribution in [0.2, 0.25) is 0 Å². The van der Waals surface area contributed by atoms with Crippen molar-refractivity contribution in [1.29, 1.82) is 0 Å². The van der Waals surface area contributed by atoms with Crippen LogP contribution in [0.1, 0.15) is 36.9 Å². The monoisotopic (exact) mass is 452 g/mol. The number of amides is 2. The Balaban J connectivity index is 1.57. The summed E-state index contributed by atoms with van der Waals surface area (Å²) in [5, 5.41) is 5.49. The average molecular weight is 453 g/mol. The van der Waals surface area contributed by atoms with Crippen molar-refractivity contribution in [1.82, 2.24) is 10.6 Å². The first kappa shape index (κ1) is 22.7. The maximum atomic E-state index is 13.0. The van der Waals surface area contributed by atoms with E-state index in [2.05, 4.69) is 10.6 Å². The molecule has 2 heterocycles. The molecule has 8 heteroatoms. The molecule has 2 N–H and O–H groups in total. The second kappa shape index (κ2) is 10.4. The van der Waals surface area contributed by atoms with Crippen molar-refractivity contribution in [2.24, 2.45) is 0 Å². The van der Waals surface area contributed by atoms with E-state index in [4.69, 9.17) is 18.9 Å². The molecule has 174 valence electrons. The van der Waals surface area contributed by atoms with Gasteiger partial charge >= 0.3 is 12.0 Å². The van der Waals surface area contributed by atoms with E-state index in [-0.39, 0.29) is 12.7 Å². The third kappa shape index (κ3) is 5.46. The molecule has 1 fully saturated rings. The highest BCUT2D eigenvalue weighted by molar-refractivity contribution is 5.95. The van der Waals surface area contributed by atoms with Crippen molar-refractivity contribution in [2.45, 2.75) is 38.5 Å². The number of carbonyl (C=O) groups excluding carboxylic acids is 2. The summed E-state index contributed by atoms with van der Waals surface area (Å²) in [6.45, 7) is 2.90. The number of nitrogens with one attached hydrogen (secondary N) is 2. The molecule has 1 saturated heterocycles. The van der Waals surface area contributed by atoms with E-state index < -0.39 is 18.0 Å². The summed E-state index contributed by atoms with van der Waals surface area (Å²) in [7, 11) is 1.56. The van der Waals surface area contributed by atoms with Crippen LogP contribution in [0.5, 0.6) is 11.5 Å². The predicted octanol–water partition coefficient (Wildman–Crippen LogP) is 3.62. The lowest BCUT2D eigenvalue weighted by atomic mass is 9.95. The summed E-state index contributed by atoms with van der Waals surface area (Å²) in [5.74, 6) is 0.567. The second-order valence-electron chi connectivity index (χ2n) is 7.99. The predicted molar refractivity (Wildman–Crippen MR) is 121 cm³/mol. The number of allylic oxidation sites excluding steroid dienone is 1. The summed E-state index contributed by atoms with van der Waals surface area (Å²) in [4.78, 5) is 25.2. The van der Waals surface area contributed by atoms with E-state index in [9.17, 15) is 9.59 Å². The van der Waals surface area contributed by atoms with E-state index in [1.54, 1.807) is 32.2 Å². The van der Waals surface area contributed by atoms with Crippen molar-refractivity contribution in [2.75, 3.05) is 20.3 Å². The number of esters is 1. The lowest BCUT2D eigenvalue weighted by Crippen LogP contribution is -2.45. The highest BCUT2D eigenvalue weighted by atomic mass is 16.6. The molecule has 2 unspecified atom stereocenters. The smallest absolute Gasteiger partial charge is 0.338 e. The van der Waals surface area contributed by atoms with Gasteiger partial charge in [-0.2, -0.15) is 0 Å². The number of benzene rings is 2. The third-order valence-corrected chi connectivity index (χ3v) is 5.67. The molecule has 2 atom stereocenters. The number of methoxy groups -OCH3 is 1. The Kier molecular flexibility index (Phi) is 7.14. The topological polar surface area (TPSA) is 95.1 Å². The highest BCUT2D eigenvalue weighted by Crippen LogP contribution is 2.35. The zero-order valence-electron chi connectivity index (χ0n) is 18.8. The Labute approximate surface area is 192 Å². The molecule has 0 aromatic heterocycles. The van der Waals surface area contributed by atoms with Gasteiger partial charge in [0.2, 0.25) is 0 Å². The van der Waals surface area contributed by atoms with Crippen LogP contribution in [0.25, 0.3) is 0 Å². The molecule has 0 bridgehead atoms. The van der Waals surface area contributed by atoms with Gasteiger partial charge in [-0.15, -0.1) is 0 Å². The number of ether oxygens (including phenoxy) is 4. The van der Waals surface area contributed by atoms with Crippen molar-refractivity contribution >= 4 is 12.0 Å². The third-order valence-electron chi connectivity index (χ3n) is 5.67. The first-order valence-electron chi connectivity index (χ1n) is 11.0. The molecule has 2 aromatic rings. The van der Waals surface area contributed by atoms with Gasteiger partial charge in [0, 0.05) is 12.3 Å². The van der Waals surface area contributed by atoms with Crippen LogP contribution >= 0.6 is 0 Å². The second-order valence-corrected chi connectivity index (χ2v) is 7.99. The van der Waals surface area contributed by atoms with Crippen LogP contribution in [-0.2, 0) is 20.9 Å². The van der Waals surface area contributed by atoms with E-state index in [0.29, 0.717) is 41.5 Å². The van der Waals surface area contributed by atoms with Crippen LogP contribution < -0.4 is 20.1 Å². The molecule has 0 aliphatic carbocycles. The van der Waals surface area contributed by atoms with Crippen LogP contribution in [0.4, 0.5) is 4.79 Å². The fourth-order valence-electron chi connectivity index (χ4n) is 3.96. The first-order chi connectivity index (χ1) is 16.0. The minimum Gasteiger partial charge on any atom is -0.493 e. The van der Waals surface area contributed by atoms with Crippen molar-refractivity contribution in [3.63, 3.8) is 0 Å². The normalized spacial score (nSPS) is 20.1. The quantitative estimate of drug-likeness (QED) is 0.594. The average Bonchev–Trinajstić information content (AvgIpc) is 3.35. The SMILES string of the molecule is COc1ccc(C2NC(=O)NC(C)=C2C(=O)OCC2CCCO2)cc1OCc1ccccc1. The molecule has 2 aliphatic heterocycles. The molecule has 4 rings (SSSR count). The standard InChI is InChI=1S/C25H28N2O6/c1-16-22(24(28)33-15-19-9-6-12-31-19)23(27-25(29)26-16)18-10-11-20(30-2)21(13-18)32-14-17-7-4-3-5-8-17/h3-5,7-8,10-11,13,19,23H,6,9,12,14-15H2,1-2H3,(H2,26,27,29). The lowest BCUT2D eigenvalue weighted by molar-refractivity contribution is -0.142. The number of urea groups is 1. The van der Waals surface area contributed by atoms with Gasteiger partial charge in [-0.05, 0) is 43.0 Å². The molecular weight excluding hydrogens is 424 g/mol. The molecule has 0 spiro atoms. The van der Waals surface area contributed by atoms with Gasteiger partial charge in [0.05, 0.1) is 24.8 Å². The minimum absolute atomic E-state index is 0.0848. The highest BCUT2D eigenvalue weighted by Gasteiger charge is 2.33. The largest absolute Gasteiger partial charge is 0.493 e. The molecule has 8 nitrogen and oxygen atoms in total. The van der Waals surface area contributed by atoms with Crippen LogP contribution in [-0.4, -0.2) is 38.4 Å². The maximum absolute atomic E-state index is 13.0. The van der Waals surface area contributed by atoms with Crippen LogP contribution in [0.15, 0.2) is 59.8 Å². The van der Waals surface area contributed by atoms with Gasteiger partial charge in [-0.3, -0.25) is 0 Å². The number of hydrogen-bond acceptors (Lipinski definition) is 6. The fraction of sp³-hybridized carbons (Fsp3) is 0.360. The summed E-state index contributed by atoms with van der Waals surface area (Å²) in [6.07, 6.45) is 1.74. The fourth-order valence-corrected chi connectivity index (χ4v) is 3.96. The molecule has 33 heavy (non-hydrogen) atoms. The first-order valence-corrected chi connectivity index (χ1v) is 11.0. The maximum Gasteiger partial charge on any atom is 0.338 e. The molecule has 2 amide bonds. The van der Waals surface area contributed by atoms with Gasteiger partial charge in [-0.25, -0.2) is 9.59 Å². The van der Waals surface area contributed by atoms with Gasteiger partial charge in [0.15, 0.2) is 11.5 Å². The molecule has 2 aliphatic rings. The van der Waals surface area contributed by atoms with Gasteiger partial charge < -0.3 is 29.6 Å². The zero-order valence-corrected chi connectivity index (χ0v) is 18.8. The van der Waals surface area contributed by atoms with E-state index in [0.717, 1.165) is 18.4 Å². The lowest BCUT2D eigenvalue weighted by Gasteiger charge is -2.28. The Morgan fingerprint density at radius 1 is 1.15 bits per heavy atom. The molecule has 2 aromatic carbocycles. The number of rotatable bonds is 8. The van der Waals surface area contributed by atoms with Crippen molar-refractivity contribution < 1.29 is 28.5 Å². The molecule has 0 radical (unpaired) electrons. The van der Waals surface area contributed by atoms with Gasteiger partial charge in [0.25, 0.3) is 0 Å². The van der Waals surface area contributed by atoms with Gasteiger partial charge in [0.1, 0.15) is 13.2 Å². The van der Waals surface area contributed by atoms with E-state index in [1.165, 1.54) is 0 Å². The summed E-state index contributed by atoms with van der Waals surface area (Å²) < 4.78 is 22.5. The van der Waals surface area contributed by atoms with Crippen molar-refractivity contribution in [3.05, 3.63) is 70.9 Å². The Hall–Kier alpha value is -3.52. The zero-order chi connectivity index (χ0) is 23.2. The van der Waals surface area contributed by atoms with Crippen LogP contribution in [0.3, 0.4) is 0 Å². The van der Waals surface area contributed by atoms with E-state index in [1.807, 2.05) is 30.3 Å². The molecular formula is C25H28N2O6. The Morgan fingerprint density at radius 2 is 1.97 bits per heavy atom. The minimum atomic E-state index is -0.694. The number of hydrogen-bond donors (Lipinski definition) is 2. The Morgan fingerprint density at radius 3 is 2.70 bits per heavy atom. The van der Waals surface area contributed by atoms with Crippen LogP contribution in [0, 0.1) is 0 Å². The summed E-state index contributed by atoms with van der Waals surface area (Å²) in [5.41, 5.74) is 2.47. The summed E-state index contributed by atoms with van der Waals surface area (Å²) in [6, 6.07) is 14.0. The van der Waals surface area contributed by atoms with E-state index >= 15 is 0 Å². The molecule has 0 saturated carbocycles.